The van der Waals surface area contributed by atoms with Gasteiger partial charge < -0.3 is 0 Å². The number of halogens is 3. The number of benzene rings is 2. The molecule has 9 heteroatoms. The number of nitrogens with zero attached hydrogens (tertiary/aromatic N) is 3. The molecule has 0 aliphatic carbocycles. The lowest BCUT2D eigenvalue weighted by Gasteiger charge is -2.12. The molecule has 0 aliphatic rings. The Morgan fingerprint density at radius 1 is 0.963 bits per heavy atom. The largest absolute Gasteiger partial charge is 0.435 e. The first-order chi connectivity index (χ1) is 12.6. The van der Waals surface area contributed by atoms with Crippen molar-refractivity contribution in [1.29, 1.82) is 0 Å². The van der Waals surface area contributed by atoms with E-state index in [-0.39, 0.29) is 10.6 Å². The van der Waals surface area contributed by atoms with Crippen molar-refractivity contribution in [2.45, 2.75) is 11.1 Å². The molecule has 0 N–H and O–H groups in total. The summed E-state index contributed by atoms with van der Waals surface area (Å²) in [7, 11) is -0.827. The van der Waals surface area contributed by atoms with Gasteiger partial charge in [0.2, 0.25) is 10.0 Å². The minimum absolute atomic E-state index is 0.0423. The highest BCUT2D eigenvalue weighted by Gasteiger charge is 2.35. The molecule has 0 saturated carbocycles. The predicted molar refractivity (Wildman–Crippen MR) is 94.9 cm³/mol. The van der Waals surface area contributed by atoms with Crippen LogP contribution in [0.1, 0.15) is 5.69 Å². The molecule has 142 valence electrons. The molecule has 0 radical (unpaired) electrons. The molecule has 0 fully saturated rings. The Kier molecular flexibility index (Phi) is 4.83. The second-order valence-electron chi connectivity index (χ2n) is 5.97. The minimum Gasteiger partial charge on any atom is -0.233 e. The van der Waals surface area contributed by atoms with Crippen LogP contribution in [0, 0.1) is 0 Å². The van der Waals surface area contributed by atoms with E-state index in [0.717, 1.165) is 15.1 Å². The summed E-state index contributed by atoms with van der Waals surface area (Å²) >= 11 is 0. The highest BCUT2D eigenvalue weighted by Crippen LogP contribution is 2.33. The summed E-state index contributed by atoms with van der Waals surface area (Å²) < 4.78 is 66.0. The number of aromatic nitrogens is 2. The van der Waals surface area contributed by atoms with E-state index in [4.69, 9.17) is 0 Å². The van der Waals surface area contributed by atoms with E-state index in [0.29, 0.717) is 11.3 Å². The Balaban J connectivity index is 2.12. The van der Waals surface area contributed by atoms with Gasteiger partial charge in [0, 0.05) is 19.7 Å². The zero-order valence-electron chi connectivity index (χ0n) is 14.5. The SMILES string of the molecule is CN(C)S(=O)(=O)c1ccc(-n2nc(C(F)(F)F)cc2-c2ccccc2)cc1. The van der Waals surface area contributed by atoms with Gasteiger partial charge in [0.15, 0.2) is 5.69 Å². The van der Waals surface area contributed by atoms with Crippen LogP contribution in [0.4, 0.5) is 13.2 Å². The van der Waals surface area contributed by atoms with Crippen molar-refractivity contribution in [1.82, 2.24) is 14.1 Å². The molecule has 1 heterocycles. The van der Waals surface area contributed by atoms with Gasteiger partial charge in [-0.25, -0.2) is 17.4 Å². The molecule has 1 aromatic heterocycles. The third-order valence-corrected chi connectivity index (χ3v) is 5.76. The zero-order valence-corrected chi connectivity index (χ0v) is 15.3. The molecule has 27 heavy (non-hydrogen) atoms. The molecule has 0 atom stereocenters. The fourth-order valence-corrected chi connectivity index (χ4v) is 3.40. The fourth-order valence-electron chi connectivity index (χ4n) is 2.50. The molecule has 0 amide bonds. The second kappa shape index (κ2) is 6.82. The zero-order chi connectivity index (χ0) is 19.8. The number of alkyl halides is 3. The van der Waals surface area contributed by atoms with Crippen molar-refractivity contribution in [3.8, 4) is 16.9 Å². The van der Waals surface area contributed by atoms with E-state index in [1.54, 1.807) is 30.3 Å². The maximum Gasteiger partial charge on any atom is 0.435 e. The Morgan fingerprint density at radius 2 is 1.56 bits per heavy atom. The smallest absolute Gasteiger partial charge is 0.233 e. The lowest BCUT2D eigenvalue weighted by atomic mass is 10.1. The Hall–Kier alpha value is -2.65. The van der Waals surface area contributed by atoms with Gasteiger partial charge in [0.25, 0.3) is 0 Å². The standard InChI is InChI=1S/C18H16F3N3O2S/c1-23(2)27(25,26)15-10-8-14(9-11-15)24-16(13-6-4-3-5-7-13)12-17(22-24)18(19,20)21/h3-12H,1-2H3. The van der Waals surface area contributed by atoms with Crippen LogP contribution in [0.5, 0.6) is 0 Å². The van der Waals surface area contributed by atoms with Crippen LogP contribution >= 0.6 is 0 Å². The van der Waals surface area contributed by atoms with Gasteiger partial charge >= 0.3 is 6.18 Å². The quantitative estimate of drug-likeness (QED) is 0.675. The van der Waals surface area contributed by atoms with Crippen LogP contribution in [0.2, 0.25) is 0 Å². The first-order valence-electron chi connectivity index (χ1n) is 7.86. The van der Waals surface area contributed by atoms with Crippen LogP contribution in [0.15, 0.2) is 65.6 Å². The van der Waals surface area contributed by atoms with Gasteiger partial charge in [-0.15, -0.1) is 0 Å². The highest BCUT2D eigenvalue weighted by molar-refractivity contribution is 7.89. The summed E-state index contributed by atoms with van der Waals surface area (Å²) in [6, 6.07) is 15.1. The van der Waals surface area contributed by atoms with Crippen LogP contribution in [-0.2, 0) is 16.2 Å². The van der Waals surface area contributed by atoms with Crippen molar-refractivity contribution in [3.63, 3.8) is 0 Å². The molecule has 0 unspecified atom stereocenters. The summed E-state index contributed by atoms with van der Waals surface area (Å²) in [6.45, 7) is 0. The number of rotatable bonds is 4. The predicted octanol–water partition coefficient (Wildman–Crippen LogP) is 3.81. The van der Waals surface area contributed by atoms with Gasteiger partial charge in [-0.1, -0.05) is 30.3 Å². The minimum atomic E-state index is -4.59. The average Bonchev–Trinajstić information content (AvgIpc) is 3.08. The Morgan fingerprint density at radius 3 is 2.07 bits per heavy atom. The van der Waals surface area contributed by atoms with Crippen molar-refractivity contribution in [2.24, 2.45) is 0 Å². The van der Waals surface area contributed by atoms with E-state index in [1.807, 2.05) is 0 Å². The first-order valence-corrected chi connectivity index (χ1v) is 9.30. The topological polar surface area (TPSA) is 55.2 Å². The van der Waals surface area contributed by atoms with Gasteiger partial charge in [0.1, 0.15) is 0 Å². The summed E-state index contributed by atoms with van der Waals surface area (Å²) in [5, 5.41) is 3.69. The summed E-state index contributed by atoms with van der Waals surface area (Å²) in [5.74, 6) is 0. The molecule has 0 saturated heterocycles. The molecule has 2 aromatic carbocycles. The third kappa shape index (κ3) is 3.74. The molecule has 5 nitrogen and oxygen atoms in total. The van der Waals surface area contributed by atoms with Gasteiger partial charge in [-0.2, -0.15) is 18.3 Å². The lowest BCUT2D eigenvalue weighted by Crippen LogP contribution is -2.22. The third-order valence-electron chi connectivity index (χ3n) is 3.93. The van der Waals surface area contributed by atoms with Crippen molar-refractivity contribution in [2.75, 3.05) is 14.1 Å². The second-order valence-corrected chi connectivity index (χ2v) is 8.12. The van der Waals surface area contributed by atoms with Crippen LogP contribution < -0.4 is 0 Å². The number of hydrogen-bond acceptors (Lipinski definition) is 3. The van der Waals surface area contributed by atoms with E-state index >= 15 is 0 Å². The van der Waals surface area contributed by atoms with Crippen LogP contribution in [0.3, 0.4) is 0 Å². The first kappa shape index (κ1) is 19.1. The Labute approximate surface area is 154 Å². The maximum atomic E-state index is 13.2. The van der Waals surface area contributed by atoms with Gasteiger partial charge in [-0.05, 0) is 30.3 Å². The van der Waals surface area contributed by atoms with E-state index in [9.17, 15) is 21.6 Å². The number of sulfonamides is 1. The van der Waals surface area contributed by atoms with Gasteiger partial charge in [0.05, 0.1) is 16.3 Å². The van der Waals surface area contributed by atoms with E-state index in [2.05, 4.69) is 5.10 Å². The fraction of sp³-hybridized carbons (Fsp3) is 0.167. The molecule has 0 spiro atoms. The van der Waals surface area contributed by atoms with E-state index < -0.39 is 21.9 Å². The Bertz CT molecular complexity index is 1040. The molecule has 0 bridgehead atoms. The molecule has 0 aliphatic heterocycles. The molecule has 3 rings (SSSR count). The van der Waals surface area contributed by atoms with Crippen LogP contribution in [-0.4, -0.2) is 36.6 Å². The molecular weight excluding hydrogens is 379 g/mol. The molecular formula is C18H16F3N3O2S. The lowest BCUT2D eigenvalue weighted by molar-refractivity contribution is -0.141. The number of hydrogen-bond donors (Lipinski definition) is 0. The summed E-state index contributed by atoms with van der Waals surface area (Å²) in [6.07, 6.45) is -4.59. The van der Waals surface area contributed by atoms with Crippen LogP contribution in [0.25, 0.3) is 16.9 Å². The summed E-state index contributed by atoms with van der Waals surface area (Å²) in [5.41, 5.74) is 0.116. The average molecular weight is 395 g/mol. The maximum absolute atomic E-state index is 13.2. The normalized spacial score (nSPS) is 12.5. The monoisotopic (exact) mass is 395 g/mol. The van der Waals surface area contributed by atoms with Crippen molar-refractivity contribution >= 4 is 10.0 Å². The van der Waals surface area contributed by atoms with Crippen molar-refractivity contribution < 1.29 is 21.6 Å². The van der Waals surface area contributed by atoms with E-state index in [1.165, 1.54) is 38.4 Å². The summed E-state index contributed by atoms with van der Waals surface area (Å²) in [4.78, 5) is 0.0423. The highest BCUT2D eigenvalue weighted by atomic mass is 32.2. The molecule has 3 aromatic rings. The van der Waals surface area contributed by atoms with Crippen molar-refractivity contribution in [3.05, 3.63) is 66.4 Å². The van der Waals surface area contributed by atoms with Gasteiger partial charge in [-0.3, -0.25) is 0 Å².